The van der Waals surface area contributed by atoms with E-state index in [1.54, 1.807) is 12.1 Å². The van der Waals surface area contributed by atoms with Crippen molar-refractivity contribution in [3.63, 3.8) is 0 Å². The van der Waals surface area contributed by atoms with Gasteiger partial charge in [0.15, 0.2) is 0 Å². The van der Waals surface area contributed by atoms with Crippen LogP contribution in [0.1, 0.15) is 23.1 Å². The molecule has 0 unspecified atom stereocenters. The van der Waals surface area contributed by atoms with E-state index in [4.69, 9.17) is 0 Å². The number of hydrogen-bond acceptors (Lipinski definition) is 2. The molecule has 2 aromatic rings. The van der Waals surface area contributed by atoms with Crippen LogP contribution in [0.3, 0.4) is 0 Å². The Morgan fingerprint density at radius 1 is 1.05 bits per heavy atom. The first-order chi connectivity index (χ1) is 10.5. The predicted molar refractivity (Wildman–Crippen MR) is 87.3 cm³/mol. The van der Waals surface area contributed by atoms with Crippen LogP contribution in [0.4, 0.5) is 10.1 Å². The van der Waals surface area contributed by atoms with E-state index in [-0.39, 0.29) is 11.7 Å². The van der Waals surface area contributed by atoms with E-state index in [0.29, 0.717) is 19.5 Å². The lowest BCUT2D eigenvalue weighted by Gasteiger charge is -2.09. The molecule has 0 heterocycles. The molecule has 0 aromatic heterocycles. The summed E-state index contributed by atoms with van der Waals surface area (Å²) >= 11 is 0. The number of halogens is 1. The Hall–Kier alpha value is -2.36. The number of rotatable bonds is 6. The van der Waals surface area contributed by atoms with Crippen LogP contribution in [0.5, 0.6) is 0 Å². The molecule has 2 aromatic carbocycles. The third kappa shape index (κ3) is 4.88. The largest absolute Gasteiger partial charge is 0.385 e. The summed E-state index contributed by atoms with van der Waals surface area (Å²) in [6.07, 6.45) is 0.397. The van der Waals surface area contributed by atoms with Gasteiger partial charge in [0.25, 0.3) is 0 Å². The second-order valence-electron chi connectivity index (χ2n) is 5.38. The van der Waals surface area contributed by atoms with Crippen molar-refractivity contribution in [3.8, 4) is 0 Å². The van der Waals surface area contributed by atoms with Crippen LogP contribution in [0.2, 0.25) is 0 Å². The Labute approximate surface area is 130 Å². The molecule has 4 heteroatoms. The first-order valence-electron chi connectivity index (χ1n) is 7.37. The highest BCUT2D eigenvalue weighted by Crippen LogP contribution is 2.13. The van der Waals surface area contributed by atoms with Crippen LogP contribution < -0.4 is 10.6 Å². The minimum absolute atomic E-state index is 0.0272. The number of nitrogens with one attached hydrogen (secondary N) is 2. The highest BCUT2D eigenvalue weighted by molar-refractivity contribution is 5.76. The number of carbonyl (C=O) groups is 1. The fourth-order valence-corrected chi connectivity index (χ4v) is 2.06. The van der Waals surface area contributed by atoms with Gasteiger partial charge in [-0.15, -0.1) is 0 Å². The number of benzene rings is 2. The maximum absolute atomic E-state index is 12.8. The number of hydrogen-bond donors (Lipinski definition) is 2. The maximum Gasteiger partial charge on any atom is 0.222 e. The molecule has 0 bridgehead atoms. The summed E-state index contributed by atoms with van der Waals surface area (Å²) in [6, 6.07) is 12.3. The molecule has 0 aliphatic carbocycles. The van der Waals surface area contributed by atoms with Crippen molar-refractivity contribution in [3.05, 3.63) is 65.0 Å². The topological polar surface area (TPSA) is 41.1 Å². The predicted octanol–water partition coefficient (Wildman–Crippen LogP) is 3.56. The van der Waals surface area contributed by atoms with Crippen LogP contribution in [0.15, 0.2) is 42.5 Å². The number of anilines is 1. The Balaban J connectivity index is 1.71. The molecule has 1 amide bonds. The lowest BCUT2D eigenvalue weighted by Crippen LogP contribution is -2.24. The summed E-state index contributed by atoms with van der Waals surface area (Å²) in [5, 5.41) is 6.06. The minimum Gasteiger partial charge on any atom is -0.385 e. The monoisotopic (exact) mass is 300 g/mol. The average Bonchev–Trinajstić information content (AvgIpc) is 2.50. The minimum atomic E-state index is -0.271. The molecule has 0 saturated carbocycles. The molecule has 0 radical (unpaired) electrons. The Morgan fingerprint density at radius 2 is 1.77 bits per heavy atom. The number of carbonyl (C=O) groups excluding carboxylic acids is 1. The summed E-state index contributed by atoms with van der Waals surface area (Å²) in [4.78, 5) is 11.8. The van der Waals surface area contributed by atoms with Crippen molar-refractivity contribution in [2.24, 2.45) is 0 Å². The van der Waals surface area contributed by atoms with E-state index in [2.05, 4.69) is 36.6 Å². The summed E-state index contributed by atoms with van der Waals surface area (Å²) < 4.78 is 12.8. The second-order valence-corrected chi connectivity index (χ2v) is 5.38. The van der Waals surface area contributed by atoms with Gasteiger partial charge in [0.05, 0.1) is 0 Å². The van der Waals surface area contributed by atoms with Crippen molar-refractivity contribution >= 4 is 11.6 Å². The third-order valence-electron chi connectivity index (χ3n) is 3.59. The highest BCUT2D eigenvalue weighted by atomic mass is 19.1. The van der Waals surface area contributed by atoms with E-state index in [0.717, 1.165) is 11.3 Å². The lowest BCUT2D eigenvalue weighted by atomic mass is 10.1. The molecule has 0 atom stereocenters. The fraction of sp³-hybridized carbons (Fsp3) is 0.278. The van der Waals surface area contributed by atoms with E-state index in [1.165, 1.54) is 23.3 Å². The van der Waals surface area contributed by atoms with Crippen molar-refractivity contribution in [2.45, 2.75) is 26.8 Å². The standard InChI is InChI=1S/C18H21FN2O/c1-13-3-8-17(11-14(13)2)20-10-9-18(22)21-12-15-4-6-16(19)7-5-15/h3-8,11,20H,9-10,12H2,1-2H3,(H,21,22). The van der Waals surface area contributed by atoms with Crippen molar-refractivity contribution < 1.29 is 9.18 Å². The molecule has 2 rings (SSSR count). The van der Waals surface area contributed by atoms with Gasteiger partial charge < -0.3 is 10.6 Å². The Bertz CT molecular complexity index is 638. The van der Waals surface area contributed by atoms with Crippen LogP contribution in [-0.2, 0) is 11.3 Å². The summed E-state index contributed by atoms with van der Waals surface area (Å²) in [5.41, 5.74) is 4.39. The molecule has 0 spiro atoms. The van der Waals surface area contributed by atoms with E-state index >= 15 is 0 Å². The lowest BCUT2D eigenvalue weighted by molar-refractivity contribution is -0.121. The average molecular weight is 300 g/mol. The fourth-order valence-electron chi connectivity index (χ4n) is 2.06. The van der Waals surface area contributed by atoms with Gasteiger partial charge in [-0.3, -0.25) is 4.79 Å². The van der Waals surface area contributed by atoms with Crippen LogP contribution in [0, 0.1) is 19.7 Å². The molecule has 22 heavy (non-hydrogen) atoms. The maximum atomic E-state index is 12.8. The van der Waals surface area contributed by atoms with Gasteiger partial charge in [0, 0.05) is 25.2 Å². The van der Waals surface area contributed by atoms with E-state index in [1.807, 2.05) is 6.07 Å². The first kappa shape index (κ1) is 16.0. The van der Waals surface area contributed by atoms with Gasteiger partial charge in [-0.05, 0) is 54.8 Å². The zero-order valence-corrected chi connectivity index (χ0v) is 12.9. The molecular weight excluding hydrogens is 279 g/mol. The van der Waals surface area contributed by atoms with Crippen molar-refractivity contribution in [2.75, 3.05) is 11.9 Å². The third-order valence-corrected chi connectivity index (χ3v) is 3.59. The number of amides is 1. The van der Waals surface area contributed by atoms with Crippen LogP contribution in [-0.4, -0.2) is 12.5 Å². The van der Waals surface area contributed by atoms with Crippen LogP contribution in [0.25, 0.3) is 0 Å². The summed E-state index contributed by atoms with van der Waals surface area (Å²) in [6.45, 7) is 5.14. The van der Waals surface area contributed by atoms with E-state index < -0.39 is 0 Å². The summed E-state index contributed by atoms with van der Waals surface area (Å²) in [7, 11) is 0. The first-order valence-corrected chi connectivity index (χ1v) is 7.37. The van der Waals surface area contributed by atoms with Gasteiger partial charge in [0.1, 0.15) is 5.82 Å². The van der Waals surface area contributed by atoms with Gasteiger partial charge in [-0.1, -0.05) is 18.2 Å². The van der Waals surface area contributed by atoms with Gasteiger partial charge in [-0.2, -0.15) is 0 Å². The highest BCUT2D eigenvalue weighted by Gasteiger charge is 2.02. The smallest absolute Gasteiger partial charge is 0.222 e. The quantitative estimate of drug-likeness (QED) is 0.856. The molecular formula is C18H21FN2O. The molecule has 0 saturated heterocycles. The van der Waals surface area contributed by atoms with Gasteiger partial charge in [0.2, 0.25) is 5.91 Å². The Kier molecular flexibility index (Phi) is 5.53. The van der Waals surface area contributed by atoms with Crippen molar-refractivity contribution in [1.29, 1.82) is 0 Å². The van der Waals surface area contributed by atoms with Crippen molar-refractivity contribution in [1.82, 2.24) is 5.32 Å². The SMILES string of the molecule is Cc1ccc(NCCC(=O)NCc2ccc(F)cc2)cc1C. The Morgan fingerprint density at radius 3 is 2.45 bits per heavy atom. The van der Waals surface area contributed by atoms with Crippen LogP contribution >= 0.6 is 0 Å². The zero-order chi connectivity index (χ0) is 15.9. The molecule has 0 aliphatic heterocycles. The molecule has 0 aliphatic rings. The second kappa shape index (κ2) is 7.59. The summed E-state index contributed by atoms with van der Waals surface area (Å²) in [5.74, 6) is -0.298. The molecule has 116 valence electrons. The molecule has 0 fully saturated rings. The van der Waals surface area contributed by atoms with Gasteiger partial charge >= 0.3 is 0 Å². The molecule has 2 N–H and O–H groups in total. The normalized spacial score (nSPS) is 10.3. The molecule has 3 nitrogen and oxygen atoms in total. The van der Waals surface area contributed by atoms with E-state index in [9.17, 15) is 9.18 Å². The number of aryl methyl sites for hydroxylation is 2. The zero-order valence-electron chi connectivity index (χ0n) is 12.9. The van der Waals surface area contributed by atoms with Gasteiger partial charge in [-0.25, -0.2) is 4.39 Å².